The number of carbonyl (C=O) groups excluding carboxylic acids is 1. The molecule has 1 unspecified atom stereocenters. The minimum atomic E-state index is -0.513. The molecule has 4 rings (SSSR count). The van der Waals surface area contributed by atoms with Crippen LogP contribution < -0.4 is 4.74 Å². The van der Waals surface area contributed by atoms with E-state index < -0.39 is 5.82 Å². The van der Waals surface area contributed by atoms with Crippen LogP contribution in [0.25, 0.3) is 5.65 Å². The van der Waals surface area contributed by atoms with E-state index in [4.69, 9.17) is 4.74 Å². The number of likely N-dealkylation sites (tertiary alicyclic amines) is 1. The van der Waals surface area contributed by atoms with Crippen molar-refractivity contribution in [2.24, 2.45) is 0 Å². The lowest BCUT2D eigenvalue weighted by Crippen LogP contribution is -2.45. The summed E-state index contributed by atoms with van der Waals surface area (Å²) in [7, 11) is 0. The fraction of sp³-hybridized carbons (Fsp3) is 0.333. The number of nitrogens with zero attached hydrogens (tertiary/aromatic N) is 5. The topological polar surface area (TPSA) is 72.6 Å². The molecular weight excluding hydrogens is 337 g/mol. The van der Waals surface area contributed by atoms with Crippen molar-refractivity contribution >= 4 is 11.6 Å². The van der Waals surface area contributed by atoms with E-state index in [0.717, 1.165) is 30.9 Å². The quantitative estimate of drug-likeness (QED) is 0.721. The van der Waals surface area contributed by atoms with Gasteiger partial charge in [0.25, 0.3) is 5.91 Å². The summed E-state index contributed by atoms with van der Waals surface area (Å²) < 4.78 is 20.4. The van der Waals surface area contributed by atoms with Crippen molar-refractivity contribution < 1.29 is 13.9 Å². The summed E-state index contributed by atoms with van der Waals surface area (Å²) in [6.07, 6.45) is 5.35. The number of amides is 1. The fourth-order valence-corrected chi connectivity index (χ4v) is 3.25. The third kappa shape index (κ3) is 3.10. The molecule has 0 N–H and O–H groups in total. The molecular formula is C18H18FN5O2. The lowest BCUT2D eigenvalue weighted by Gasteiger charge is -2.32. The first-order valence-electron chi connectivity index (χ1n) is 8.49. The van der Waals surface area contributed by atoms with Gasteiger partial charge in [-0.3, -0.25) is 9.20 Å². The molecule has 3 aromatic rings. The number of fused-ring (bicyclic) bond motifs is 1. The van der Waals surface area contributed by atoms with Crippen molar-refractivity contribution in [2.45, 2.75) is 25.9 Å². The fourth-order valence-electron chi connectivity index (χ4n) is 3.25. The van der Waals surface area contributed by atoms with Crippen LogP contribution in [0.2, 0.25) is 0 Å². The lowest BCUT2D eigenvalue weighted by atomic mass is 10.1. The molecule has 0 saturated carbocycles. The van der Waals surface area contributed by atoms with Gasteiger partial charge in [0.2, 0.25) is 0 Å². The average molecular weight is 355 g/mol. The van der Waals surface area contributed by atoms with Crippen LogP contribution in [-0.4, -0.2) is 49.4 Å². The number of piperidine rings is 1. The van der Waals surface area contributed by atoms with Gasteiger partial charge in [-0.05, 0) is 31.9 Å². The van der Waals surface area contributed by atoms with E-state index in [2.05, 4.69) is 15.0 Å². The summed E-state index contributed by atoms with van der Waals surface area (Å²) in [6, 6.07) is 5.76. The number of pyridine rings is 1. The third-order valence-electron chi connectivity index (χ3n) is 4.44. The molecule has 0 aliphatic carbocycles. The molecule has 8 heteroatoms. The molecule has 0 spiro atoms. The van der Waals surface area contributed by atoms with E-state index in [9.17, 15) is 9.18 Å². The highest BCUT2D eigenvalue weighted by Gasteiger charge is 2.29. The molecule has 3 aromatic heterocycles. The van der Waals surface area contributed by atoms with E-state index in [1.54, 1.807) is 4.90 Å². The van der Waals surface area contributed by atoms with Gasteiger partial charge in [-0.25, -0.2) is 19.3 Å². The van der Waals surface area contributed by atoms with Crippen molar-refractivity contribution in [1.29, 1.82) is 0 Å². The smallest absolute Gasteiger partial charge is 0.316 e. The Morgan fingerprint density at radius 3 is 2.92 bits per heavy atom. The second-order valence-electron chi connectivity index (χ2n) is 6.29. The van der Waals surface area contributed by atoms with Crippen LogP contribution in [0.1, 0.15) is 29.0 Å². The Bertz CT molecular complexity index is 940. The van der Waals surface area contributed by atoms with E-state index in [0.29, 0.717) is 24.5 Å². The zero-order valence-corrected chi connectivity index (χ0v) is 14.3. The molecule has 1 amide bonds. The summed E-state index contributed by atoms with van der Waals surface area (Å²) >= 11 is 0. The van der Waals surface area contributed by atoms with Gasteiger partial charge in [-0.1, -0.05) is 6.07 Å². The van der Waals surface area contributed by atoms with Crippen LogP contribution in [0, 0.1) is 12.7 Å². The van der Waals surface area contributed by atoms with Crippen molar-refractivity contribution in [3.63, 3.8) is 0 Å². The van der Waals surface area contributed by atoms with Crippen molar-refractivity contribution in [3.8, 4) is 6.01 Å². The number of halogens is 1. The Hall–Kier alpha value is -3.03. The van der Waals surface area contributed by atoms with E-state index >= 15 is 0 Å². The van der Waals surface area contributed by atoms with Crippen LogP contribution >= 0.6 is 0 Å². The molecule has 1 fully saturated rings. The highest BCUT2D eigenvalue weighted by molar-refractivity contribution is 5.94. The molecule has 26 heavy (non-hydrogen) atoms. The Labute approximate surface area is 149 Å². The maximum Gasteiger partial charge on any atom is 0.316 e. The van der Waals surface area contributed by atoms with Crippen molar-refractivity contribution in [1.82, 2.24) is 24.3 Å². The largest absolute Gasteiger partial charge is 0.458 e. The molecule has 7 nitrogen and oxygen atoms in total. The molecule has 1 aliphatic heterocycles. The monoisotopic (exact) mass is 355 g/mol. The van der Waals surface area contributed by atoms with Crippen LogP contribution in [0.4, 0.5) is 4.39 Å². The number of hydrogen-bond acceptors (Lipinski definition) is 5. The minimum absolute atomic E-state index is 0.0745. The normalized spacial score (nSPS) is 17.5. The van der Waals surface area contributed by atoms with Gasteiger partial charge in [-0.15, -0.1) is 0 Å². The van der Waals surface area contributed by atoms with Crippen LogP contribution in [-0.2, 0) is 0 Å². The van der Waals surface area contributed by atoms with Gasteiger partial charge in [0.05, 0.1) is 24.6 Å². The second kappa shape index (κ2) is 6.70. The predicted octanol–water partition coefficient (Wildman–Crippen LogP) is 2.26. The SMILES string of the molecule is Cc1nc2ccccn2c1C(=O)N1CCCC(Oc2ncc(F)cn2)C1. The number of aromatic nitrogens is 4. The number of carbonyl (C=O) groups is 1. The summed E-state index contributed by atoms with van der Waals surface area (Å²) in [4.78, 5) is 26.9. The molecule has 1 aliphatic rings. The van der Waals surface area contributed by atoms with E-state index in [1.807, 2.05) is 35.7 Å². The van der Waals surface area contributed by atoms with Gasteiger partial charge in [0, 0.05) is 12.7 Å². The third-order valence-corrected chi connectivity index (χ3v) is 4.44. The standard InChI is InChI=1S/C18H18FN5O2/c1-12-16(24-8-3-2-6-15(24)22-12)17(25)23-7-4-5-14(11-23)26-18-20-9-13(19)10-21-18/h2-3,6,8-10,14H,4-5,7,11H2,1H3. The first-order valence-corrected chi connectivity index (χ1v) is 8.49. The Kier molecular flexibility index (Phi) is 4.24. The molecule has 1 atom stereocenters. The van der Waals surface area contributed by atoms with Gasteiger partial charge in [-0.2, -0.15) is 0 Å². The number of imidazole rings is 1. The zero-order chi connectivity index (χ0) is 18.1. The van der Waals surface area contributed by atoms with Gasteiger partial charge in [0.1, 0.15) is 17.4 Å². The van der Waals surface area contributed by atoms with E-state index in [1.165, 1.54) is 0 Å². The predicted molar refractivity (Wildman–Crippen MR) is 91.5 cm³/mol. The van der Waals surface area contributed by atoms with Gasteiger partial charge < -0.3 is 9.64 Å². The zero-order valence-electron chi connectivity index (χ0n) is 14.3. The average Bonchev–Trinajstić information content (AvgIpc) is 2.99. The Morgan fingerprint density at radius 1 is 1.31 bits per heavy atom. The van der Waals surface area contributed by atoms with E-state index in [-0.39, 0.29) is 18.0 Å². The number of rotatable bonds is 3. The number of ether oxygens (including phenoxy) is 1. The molecule has 1 saturated heterocycles. The van der Waals surface area contributed by atoms with Crippen molar-refractivity contribution in [3.05, 3.63) is 54.0 Å². The van der Waals surface area contributed by atoms with Crippen molar-refractivity contribution in [2.75, 3.05) is 13.1 Å². The van der Waals surface area contributed by atoms with Gasteiger partial charge >= 0.3 is 6.01 Å². The van der Waals surface area contributed by atoms with Crippen LogP contribution in [0.3, 0.4) is 0 Å². The highest BCUT2D eigenvalue weighted by atomic mass is 19.1. The molecule has 0 aromatic carbocycles. The molecule has 0 bridgehead atoms. The maximum atomic E-state index is 13.1. The van der Waals surface area contributed by atoms with Crippen LogP contribution in [0.5, 0.6) is 6.01 Å². The number of hydrogen-bond donors (Lipinski definition) is 0. The second-order valence-corrected chi connectivity index (χ2v) is 6.29. The number of aryl methyl sites for hydroxylation is 1. The highest BCUT2D eigenvalue weighted by Crippen LogP contribution is 2.20. The Morgan fingerprint density at radius 2 is 2.12 bits per heavy atom. The Balaban J connectivity index is 1.52. The minimum Gasteiger partial charge on any atom is -0.458 e. The molecule has 4 heterocycles. The molecule has 134 valence electrons. The lowest BCUT2D eigenvalue weighted by molar-refractivity contribution is 0.0508. The summed E-state index contributed by atoms with van der Waals surface area (Å²) in [5.41, 5.74) is 2.02. The maximum absolute atomic E-state index is 13.1. The van der Waals surface area contributed by atoms with Gasteiger partial charge in [0.15, 0.2) is 5.82 Å². The summed E-state index contributed by atoms with van der Waals surface area (Å²) in [5.74, 6) is -0.588. The summed E-state index contributed by atoms with van der Waals surface area (Å²) in [5, 5.41) is 0. The summed E-state index contributed by atoms with van der Waals surface area (Å²) in [6.45, 7) is 2.92. The molecule has 0 radical (unpaired) electrons. The van der Waals surface area contributed by atoms with Crippen LogP contribution in [0.15, 0.2) is 36.8 Å². The first-order chi connectivity index (χ1) is 12.6. The first kappa shape index (κ1) is 16.4.